The fraction of sp³-hybridized carbons (Fsp3) is 0.278. The van der Waals surface area contributed by atoms with Crippen molar-refractivity contribution < 1.29 is 0 Å². The van der Waals surface area contributed by atoms with Gasteiger partial charge in [-0.3, -0.25) is 0 Å². The molecule has 3 aromatic rings. The number of aryl methyl sites for hydroxylation is 3. The van der Waals surface area contributed by atoms with Crippen molar-refractivity contribution >= 4 is 11.0 Å². The van der Waals surface area contributed by atoms with E-state index in [0.717, 1.165) is 24.3 Å². The van der Waals surface area contributed by atoms with Gasteiger partial charge in [0.25, 0.3) is 0 Å². The van der Waals surface area contributed by atoms with E-state index < -0.39 is 0 Å². The lowest BCUT2D eigenvalue weighted by atomic mass is 10.1. The van der Waals surface area contributed by atoms with E-state index >= 15 is 0 Å². The Morgan fingerprint density at radius 1 is 0.900 bits per heavy atom. The van der Waals surface area contributed by atoms with Gasteiger partial charge in [0.15, 0.2) is 0 Å². The van der Waals surface area contributed by atoms with Crippen LogP contribution < -0.4 is 0 Å². The average molecular weight is 264 g/mol. The highest BCUT2D eigenvalue weighted by atomic mass is 15.1. The Kier molecular flexibility index (Phi) is 3.82. The maximum Gasteiger partial charge on any atom is 0.106 e. The Balaban J connectivity index is 1.61. The van der Waals surface area contributed by atoms with Crippen molar-refractivity contribution in [2.24, 2.45) is 0 Å². The number of hydrogen-bond donors (Lipinski definition) is 0. The Morgan fingerprint density at radius 3 is 2.50 bits per heavy atom. The Labute approximate surface area is 120 Å². The molecule has 20 heavy (non-hydrogen) atoms. The first kappa shape index (κ1) is 12.9. The maximum absolute atomic E-state index is 4.61. The van der Waals surface area contributed by atoms with Gasteiger partial charge in [-0.1, -0.05) is 42.5 Å². The van der Waals surface area contributed by atoms with E-state index in [1.54, 1.807) is 0 Å². The smallest absolute Gasteiger partial charge is 0.106 e. The summed E-state index contributed by atoms with van der Waals surface area (Å²) in [5.41, 5.74) is 3.79. The molecule has 3 rings (SSSR count). The van der Waals surface area contributed by atoms with Crippen LogP contribution in [0.4, 0.5) is 0 Å². The van der Waals surface area contributed by atoms with E-state index in [0.29, 0.717) is 0 Å². The Hall–Kier alpha value is -2.09. The van der Waals surface area contributed by atoms with E-state index in [1.165, 1.54) is 23.9 Å². The second kappa shape index (κ2) is 5.91. The fourth-order valence-electron chi connectivity index (χ4n) is 2.72. The molecule has 0 aliphatic heterocycles. The van der Waals surface area contributed by atoms with Gasteiger partial charge in [-0.15, -0.1) is 0 Å². The molecule has 2 nitrogen and oxygen atoms in total. The molecule has 1 heterocycles. The molecule has 102 valence electrons. The van der Waals surface area contributed by atoms with Crippen LogP contribution in [0.15, 0.2) is 54.6 Å². The van der Waals surface area contributed by atoms with Gasteiger partial charge in [-0.05, 0) is 43.9 Å². The van der Waals surface area contributed by atoms with Gasteiger partial charge in [0.1, 0.15) is 5.82 Å². The molecule has 0 aliphatic carbocycles. The molecule has 0 saturated carbocycles. The van der Waals surface area contributed by atoms with E-state index in [2.05, 4.69) is 71.1 Å². The molecule has 0 fully saturated rings. The number of unbranched alkanes of at least 4 members (excludes halogenated alkanes) is 1. The summed E-state index contributed by atoms with van der Waals surface area (Å²) >= 11 is 0. The van der Waals surface area contributed by atoms with Crippen LogP contribution in [0.25, 0.3) is 11.0 Å². The summed E-state index contributed by atoms with van der Waals surface area (Å²) in [5.74, 6) is 1.12. The van der Waals surface area contributed by atoms with Crippen molar-refractivity contribution in [3.63, 3.8) is 0 Å². The monoisotopic (exact) mass is 264 g/mol. The van der Waals surface area contributed by atoms with Crippen LogP contribution in [0.1, 0.15) is 24.2 Å². The largest absolute Gasteiger partial charge is 0.328 e. The van der Waals surface area contributed by atoms with Crippen molar-refractivity contribution in [1.82, 2.24) is 9.55 Å². The standard InChI is InChI=1S/C18H20N2/c1-15-19-17-12-5-6-13-18(17)20(15)14-8-7-11-16-9-3-2-4-10-16/h2-6,9-10,12-13H,7-8,11,14H2,1H3. The van der Waals surface area contributed by atoms with Crippen molar-refractivity contribution in [3.05, 3.63) is 66.0 Å². The summed E-state index contributed by atoms with van der Waals surface area (Å²) in [7, 11) is 0. The summed E-state index contributed by atoms with van der Waals surface area (Å²) in [6.45, 7) is 3.15. The van der Waals surface area contributed by atoms with Crippen molar-refractivity contribution in [2.45, 2.75) is 32.7 Å². The first-order valence-corrected chi connectivity index (χ1v) is 7.30. The Bertz CT molecular complexity index is 683. The second-order valence-electron chi connectivity index (χ2n) is 5.24. The molecule has 0 unspecified atom stereocenters. The normalized spacial score (nSPS) is 11.1. The molecule has 2 heteroatoms. The molecule has 0 N–H and O–H groups in total. The van der Waals surface area contributed by atoms with E-state index in [9.17, 15) is 0 Å². The molecular formula is C18H20N2. The summed E-state index contributed by atoms with van der Waals surface area (Å²) in [6, 6.07) is 19.1. The molecular weight excluding hydrogens is 244 g/mol. The van der Waals surface area contributed by atoms with Crippen molar-refractivity contribution in [1.29, 1.82) is 0 Å². The van der Waals surface area contributed by atoms with Gasteiger partial charge >= 0.3 is 0 Å². The number of fused-ring (bicyclic) bond motifs is 1. The summed E-state index contributed by atoms with van der Waals surface area (Å²) in [5, 5.41) is 0. The molecule has 0 aliphatic rings. The highest BCUT2D eigenvalue weighted by Gasteiger charge is 2.05. The minimum absolute atomic E-state index is 1.05. The predicted molar refractivity (Wildman–Crippen MR) is 83.9 cm³/mol. The third-order valence-electron chi connectivity index (χ3n) is 3.79. The SMILES string of the molecule is Cc1nc2ccccc2n1CCCCc1ccccc1. The number of rotatable bonds is 5. The van der Waals surface area contributed by atoms with Gasteiger partial charge in [0.2, 0.25) is 0 Å². The number of hydrogen-bond acceptors (Lipinski definition) is 1. The Morgan fingerprint density at radius 2 is 1.65 bits per heavy atom. The highest BCUT2D eigenvalue weighted by Crippen LogP contribution is 2.16. The lowest BCUT2D eigenvalue weighted by Gasteiger charge is -2.07. The lowest BCUT2D eigenvalue weighted by Crippen LogP contribution is -2.01. The molecule has 0 spiro atoms. The quantitative estimate of drug-likeness (QED) is 0.626. The van der Waals surface area contributed by atoms with E-state index in [4.69, 9.17) is 0 Å². The number of nitrogens with zero attached hydrogens (tertiary/aromatic N) is 2. The van der Waals surface area contributed by atoms with Gasteiger partial charge in [-0.25, -0.2) is 4.98 Å². The number of para-hydroxylation sites is 2. The van der Waals surface area contributed by atoms with Crippen LogP contribution in [0.3, 0.4) is 0 Å². The molecule has 0 radical (unpaired) electrons. The highest BCUT2D eigenvalue weighted by molar-refractivity contribution is 5.75. The van der Waals surface area contributed by atoms with Crippen LogP contribution in [0.5, 0.6) is 0 Å². The zero-order valence-electron chi connectivity index (χ0n) is 11.9. The number of imidazole rings is 1. The minimum atomic E-state index is 1.05. The van der Waals surface area contributed by atoms with E-state index in [-0.39, 0.29) is 0 Å². The minimum Gasteiger partial charge on any atom is -0.328 e. The van der Waals surface area contributed by atoms with E-state index in [1.807, 2.05) is 0 Å². The van der Waals surface area contributed by atoms with Gasteiger partial charge < -0.3 is 4.57 Å². The molecule has 0 saturated heterocycles. The first-order chi connectivity index (χ1) is 9.84. The van der Waals surface area contributed by atoms with Crippen molar-refractivity contribution in [2.75, 3.05) is 0 Å². The van der Waals surface area contributed by atoms with Gasteiger partial charge in [0.05, 0.1) is 11.0 Å². The molecule has 1 aromatic heterocycles. The predicted octanol–water partition coefficient (Wildman–Crippen LogP) is 4.37. The summed E-state index contributed by atoms with van der Waals surface area (Å²) in [4.78, 5) is 4.61. The van der Waals surface area contributed by atoms with Crippen LogP contribution in [0.2, 0.25) is 0 Å². The fourth-order valence-corrected chi connectivity index (χ4v) is 2.72. The average Bonchev–Trinajstić information content (AvgIpc) is 2.80. The number of aromatic nitrogens is 2. The van der Waals surface area contributed by atoms with Crippen LogP contribution in [-0.2, 0) is 13.0 Å². The lowest BCUT2D eigenvalue weighted by molar-refractivity contribution is 0.609. The molecule has 0 atom stereocenters. The summed E-state index contributed by atoms with van der Waals surface area (Å²) in [6.07, 6.45) is 3.57. The molecule has 2 aromatic carbocycles. The zero-order chi connectivity index (χ0) is 13.8. The van der Waals surface area contributed by atoms with Crippen molar-refractivity contribution in [3.8, 4) is 0 Å². The van der Waals surface area contributed by atoms with Gasteiger partial charge in [0, 0.05) is 6.54 Å². The second-order valence-corrected chi connectivity index (χ2v) is 5.24. The van der Waals surface area contributed by atoms with Crippen LogP contribution in [-0.4, -0.2) is 9.55 Å². The third kappa shape index (κ3) is 2.74. The first-order valence-electron chi connectivity index (χ1n) is 7.30. The third-order valence-corrected chi connectivity index (χ3v) is 3.79. The maximum atomic E-state index is 4.61. The molecule has 0 amide bonds. The topological polar surface area (TPSA) is 17.8 Å². The van der Waals surface area contributed by atoms with Crippen LogP contribution in [0, 0.1) is 6.92 Å². The van der Waals surface area contributed by atoms with Gasteiger partial charge in [-0.2, -0.15) is 0 Å². The summed E-state index contributed by atoms with van der Waals surface area (Å²) < 4.78 is 2.33. The number of benzene rings is 2. The zero-order valence-corrected chi connectivity index (χ0v) is 11.9. The molecule has 0 bridgehead atoms. The van der Waals surface area contributed by atoms with Crippen LogP contribution >= 0.6 is 0 Å².